The third-order valence-electron chi connectivity index (χ3n) is 3.56. The van der Waals surface area contributed by atoms with E-state index in [0.29, 0.717) is 16.2 Å². The molecular formula is C17H12N6O3. The standard InChI is InChI=1S/C16H6N2O2.CH6N4O/c17-7-9-5-13-14(6-10(9)8-18)16(20)12-4-2-1-3-11(12)15(13)19;2-1(6)5(3)4/h1-6H;3-4H2,(H2,2,6). The summed E-state index contributed by atoms with van der Waals surface area (Å²) >= 11 is 0. The molecule has 9 heteroatoms. The lowest BCUT2D eigenvalue weighted by Gasteiger charge is -2.17. The Bertz CT molecular complexity index is 942. The van der Waals surface area contributed by atoms with Crippen LogP contribution in [0.5, 0.6) is 0 Å². The number of nitriles is 2. The number of amides is 2. The molecule has 2 aromatic rings. The van der Waals surface area contributed by atoms with Gasteiger partial charge in [-0.15, -0.1) is 0 Å². The molecule has 128 valence electrons. The van der Waals surface area contributed by atoms with Gasteiger partial charge in [0, 0.05) is 22.3 Å². The molecule has 6 N–H and O–H groups in total. The number of benzene rings is 2. The summed E-state index contributed by atoms with van der Waals surface area (Å²) in [5, 5.41) is 18.3. The summed E-state index contributed by atoms with van der Waals surface area (Å²) in [7, 11) is 0. The van der Waals surface area contributed by atoms with E-state index >= 15 is 0 Å². The number of nitrogens with zero attached hydrogens (tertiary/aromatic N) is 3. The number of rotatable bonds is 0. The van der Waals surface area contributed by atoms with Gasteiger partial charge in [0.05, 0.1) is 11.1 Å². The van der Waals surface area contributed by atoms with Crippen LogP contribution in [0.1, 0.15) is 43.0 Å². The molecule has 0 heterocycles. The van der Waals surface area contributed by atoms with Gasteiger partial charge in [0.1, 0.15) is 12.1 Å². The van der Waals surface area contributed by atoms with E-state index in [1.165, 1.54) is 12.1 Å². The van der Waals surface area contributed by atoms with Gasteiger partial charge >= 0.3 is 6.03 Å². The van der Waals surface area contributed by atoms with Crippen molar-refractivity contribution in [3.05, 3.63) is 69.8 Å². The Morgan fingerprint density at radius 3 is 1.46 bits per heavy atom. The van der Waals surface area contributed by atoms with Gasteiger partial charge in [-0.2, -0.15) is 15.6 Å². The number of primary amides is 1. The van der Waals surface area contributed by atoms with Crippen molar-refractivity contribution in [2.24, 2.45) is 17.4 Å². The molecule has 1 aliphatic carbocycles. The monoisotopic (exact) mass is 348 g/mol. The first kappa shape index (κ1) is 18.3. The largest absolute Gasteiger partial charge is 0.349 e. The first-order valence-electron chi connectivity index (χ1n) is 7.07. The number of ketones is 2. The topological polar surface area (TPSA) is 180 Å². The highest BCUT2D eigenvalue weighted by atomic mass is 16.2. The van der Waals surface area contributed by atoms with Crippen LogP contribution >= 0.6 is 0 Å². The molecule has 0 fully saturated rings. The number of urea groups is 1. The zero-order valence-electron chi connectivity index (χ0n) is 13.3. The lowest BCUT2D eigenvalue weighted by atomic mass is 9.82. The molecule has 2 aromatic carbocycles. The molecule has 3 rings (SSSR count). The van der Waals surface area contributed by atoms with Gasteiger partial charge in [-0.25, -0.2) is 16.5 Å². The Balaban J connectivity index is 0.000000352. The number of hydrazine groups is 2. The fourth-order valence-electron chi connectivity index (χ4n) is 2.33. The highest BCUT2D eigenvalue weighted by Crippen LogP contribution is 2.29. The quantitative estimate of drug-likeness (QED) is 0.297. The molecular weight excluding hydrogens is 336 g/mol. The zero-order chi connectivity index (χ0) is 19.4. The van der Waals surface area contributed by atoms with Crippen molar-refractivity contribution < 1.29 is 14.4 Å². The minimum Gasteiger partial charge on any atom is -0.349 e. The molecule has 9 nitrogen and oxygen atoms in total. The van der Waals surface area contributed by atoms with Crippen LogP contribution in [-0.4, -0.2) is 22.7 Å². The Kier molecular flexibility index (Phi) is 5.09. The highest BCUT2D eigenvalue weighted by molar-refractivity contribution is 6.28. The number of nitrogens with two attached hydrogens (primary N) is 3. The fourth-order valence-corrected chi connectivity index (χ4v) is 2.33. The molecule has 1 aliphatic rings. The fraction of sp³-hybridized carbons (Fsp3) is 0. The molecule has 0 unspecified atom stereocenters. The van der Waals surface area contributed by atoms with Crippen LogP contribution < -0.4 is 17.4 Å². The molecule has 0 bridgehead atoms. The lowest BCUT2D eigenvalue weighted by Crippen LogP contribution is -2.46. The van der Waals surface area contributed by atoms with Crippen LogP contribution in [0.15, 0.2) is 36.4 Å². The number of fused-ring (bicyclic) bond motifs is 2. The molecule has 0 saturated heterocycles. The maximum atomic E-state index is 12.4. The zero-order valence-corrected chi connectivity index (χ0v) is 13.3. The first-order valence-corrected chi connectivity index (χ1v) is 7.07. The third-order valence-corrected chi connectivity index (χ3v) is 3.56. The van der Waals surface area contributed by atoms with E-state index in [2.05, 4.69) is 17.4 Å². The van der Waals surface area contributed by atoms with Crippen molar-refractivity contribution in [2.45, 2.75) is 0 Å². The second-order valence-corrected chi connectivity index (χ2v) is 5.12. The predicted octanol–water partition coefficient (Wildman–Crippen LogP) is 0.320. The van der Waals surface area contributed by atoms with Gasteiger partial charge in [-0.1, -0.05) is 24.3 Å². The molecule has 2 amide bonds. The van der Waals surface area contributed by atoms with Crippen molar-refractivity contribution in [3.63, 3.8) is 0 Å². The molecule has 0 saturated carbocycles. The van der Waals surface area contributed by atoms with Crippen LogP contribution in [0, 0.1) is 22.7 Å². The summed E-state index contributed by atoms with van der Waals surface area (Å²) in [5.74, 6) is 8.55. The minimum absolute atomic E-state index is 0.104. The van der Waals surface area contributed by atoms with Gasteiger partial charge in [0.2, 0.25) is 0 Å². The maximum absolute atomic E-state index is 12.4. The average molecular weight is 348 g/mol. The average Bonchev–Trinajstić information content (AvgIpc) is 2.65. The van der Waals surface area contributed by atoms with Gasteiger partial charge in [0.15, 0.2) is 11.6 Å². The van der Waals surface area contributed by atoms with Crippen LogP contribution in [-0.2, 0) is 0 Å². The number of carbonyl (C=O) groups excluding carboxylic acids is 3. The molecule has 26 heavy (non-hydrogen) atoms. The number of hydrogen-bond donors (Lipinski definition) is 3. The summed E-state index contributed by atoms with van der Waals surface area (Å²) < 4.78 is 0. The smallest absolute Gasteiger partial charge is 0.343 e. The van der Waals surface area contributed by atoms with Gasteiger partial charge in [0.25, 0.3) is 0 Å². The molecule has 0 aliphatic heterocycles. The first-order chi connectivity index (χ1) is 12.3. The van der Waals surface area contributed by atoms with E-state index in [0.717, 1.165) is 0 Å². The maximum Gasteiger partial charge on any atom is 0.343 e. The Hall–Kier alpha value is -4.05. The van der Waals surface area contributed by atoms with Gasteiger partial charge in [-0.3, -0.25) is 9.59 Å². The molecule has 0 atom stereocenters. The van der Waals surface area contributed by atoms with Crippen molar-refractivity contribution in [2.75, 3.05) is 0 Å². The second-order valence-electron chi connectivity index (χ2n) is 5.12. The summed E-state index contributed by atoms with van der Waals surface area (Å²) in [6.07, 6.45) is 0. The van der Waals surface area contributed by atoms with Crippen molar-refractivity contribution in [3.8, 4) is 12.1 Å². The van der Waals surface area contributed by atoms with Crippen LogP contribution in [0.4, 0.5) is 4.79 Å². The van der Waals surface area contributed by atoms with E-state index in [1.54, 1.807) is 24.3 Å². The van der Waals surface area contributed by atoms with E-state index in [4.69, 9.17) is 10.5 Å². The van der Waals surface area contributed by atoms with E-state index < -0.39 is 6.03 Å². The third kappa shape index (κ3) is 3.25. The Labute approximate surface area is 147 Å². The van der Waals surface area contributed by atoms with Crippen molar-refractivity contribution in [1.82, 2.24) is 5.12 Å². The predicted molar refractivity (Wildman–Crippen MR) is 89.0 cm³/mol. The van der Waals surface area contributed by atoms with Crippen LogP contribution in [0.25, 0.3) is 0 Å². The molecule has 0 aromatic heterocycles. The van der Waals surface area contributed by atoms with Crippen molar-refractivity contribution >= 4 is 17.6 Å². The van der Waals surface area contributed by atoms with Gasteiger partial charge < -0.3 is 5.73 Å². The summed E-state index contributed by atoms with van der Waals surface area (Å²) in [6, 6.07) is 12.1. The van der Waals surface area contributed by atoms with Crippen molar-refractivity contribution in [1.29, 1.82) is 10.5 Å². The summed E-state index contributed by atoms with van der Waals surface area (Å²) in [5.41, 5.74) is 5.71. The molecule has 0 spiro atoms. The van der Waals surface area contributed by atoms with Crippen LogP contribution in [0.2, 0.25) is 0 Å². The SMILES string of the molecule is N#Cc1cc2c(cc1C#N)C(=O)c1ccccc1C2=O.NC(=O)N(N)N. The Morgan fingerprint density at radius 1 is 0.846 bits per heavy atom. The molecule has 0 radical (unpaired) electrons. The van der Waals surface area contributed by atoms with E-state index in [1.807, 2.05) is 12.1 Å². The second kappa shape index (κ2) is 7.23. The Morgan fingerprint density at radius 2 is 1.19 bits per heavy atom. The number of hydrogen-bond acceptors (Lipinski definition) is 7. The highest BCUT2D eigenvalue weighted by Gasteiger charge is 2.30. The lowest BCUT2D eigenvalue weighted by molar-refractivity contribution is 0.0979. The normalized spacial score (nSPS) is 11.1. The van der Waals surface area contributed by atoms with E-state index in [-0.39, 0.29) is 33.8 Å². The minimum atomic E-state index is -0.852. The van der Waals surface area contributed by atoms with Gasteiger partial charge in [-0.05, 0) is 12.1 Å². The summed E-state index contributed by atoms with van der Waals surface area (Å²) in [6.45, 7) is 0. The number of carbonyl (C=O) groups is 3. The van der Waals surface area contributed by atoms with Crippen LogP contribution in [0.3, 0.4) is 0 Å². The summed E-state index contributed by atoms with van der Waals surface area (Å²) in [4.78, 5) is 34.4. The van der Waals surface area contributed by atoms with E-state index in [9.17, 15) is 14.4 Å².